The van der Waals surface area contributed by atoms with Gasteiger partial charge < -0.3 is 10.6 Å². The van der Waals surface area contributed by atoms with Gasteiger partial charge in [-0.2, -0.15) is 0 Å². The molecule has 0 aromatic carbocycles. The molecular formula is C13H17N3. The fourth-order valence-electron chi connectivity index (χ4n) is 2.62. The molecule has 0 amide bonds. The van der Waals surface area contributed by atoms with Crippen LogP contribution in [0.3, 0.4) is 0 Å². The Labute approximate surface area is 96.0 Å². The van der Waals surface area contributed by atoms with Gasteiger partial charge in [-0.1, -0.05) is 6.07 Å². The van der Waals surface area contributed by atoms with Crippen molar-refractivity contribution in [2.45, 2.75) is 25.7 Å². The van der Waals surface area contributed by atoms with E-state index >= 15 is 0 Å². The first-order valence-electron chi connectivity index (χ1n) is 6.01. The summed E-state index contributed by atoms with van der Waals surface area (Å²) < 4.78 is 0. The lowest BCUT2D eigenvalue weighted by atomic mass is 9.84. The minimum Gasteiger partial charge on any atom is -0.372 e. The van der Waals surface area contributed by atoms with Crippen LogP contribution in [0.4, 0.5) is 0 Å². The molecule has 1 unspecified atom stereocenters. The average molecular weight is 215 g/mol. The number of hydrogen-bond acceptors (Lipinski definition) is 3. The Bertz CT molecular complexity index is 411. The van der Waals surface area contributed by atoms with E-state index in [-0.39, 0.29) is 0 Å². The minimum absolute atomic E-state index is 0.751. The largest absolute Gasteiger partial charge is 0.372 e. The van der Waals surface area contributed by atoms with E-state index in [2.05, 4.69) is 27.9 Å². The molecule has 1 aliphatic carbocycles. The predicted octanol–water partition coefficient (Wildman–Crippen LogP) is 1.57. The number of nitrogens with one attached hydrogen (secondary N) is 2. The number of aromatic nitrogens is 1. The molecule has 0 spiro atoms. The summed E-state index contributed by atoms with van der Waals surface area (Å²) in [6, 6.07) is 4.26. The Morgan fingerprint density at radius 1 is 1.44 bits per heavy atom. The zero-order valence-corrected chi connectivity index (χ0v) is 9.37. The molecule has 84 valence electrons. The zero-order valence-electron chi connectivity index (χ0n) is 9.37. The van der Waals surface area contributed by atoms with Crippen molar-refractivity contribution in [2.24, 2.45) is 5.92 Å². The molecule has 1 aromatic rings. The SMILES string of the molecule is C1=C(CC2CCc3cccnc3C2)NCN1. The standard InChI is InChI=1S/C13H17N3/c1-2-11-4-3-10(7-13(11)15-5-1)6-12-8-14-9-16-12/h1-2,5,8,10,14,16H,3-4,6-7,9H2. The van der Waals surface area contributed by atoms with E-state index in [4.69, 9.17) is 0 Å². The van der Waals surface area contributed by atoms with E-state index in [0.717, 1.165) is 25.4 Å². The number of allylic oxidation sites excluding steroid dienone is 1. The topological polar surface area (TPSA) is 37.0 Å². The maximum Gasteiger partial charge on any atom is 0.0843 e. The van der Waals surface area contributed by atoms with Crippen molar-refractivity contribution in [3.8, 4) is 0 Å². The number of pyridine rings is 1. The first-order valence-corrected chi connectivity index (χ1v) is 6.01. The lowest BCUT2D eigenvalue weighted by Gasteiger charge is -2.23. The third-order valence-electron chi connectivity index (χ3n) is 3.49. The van der Waals surface area contributed by atoms with Crippen LogP contribution in [0.25, 0.3) is 0 Å². The van der Waals surface area contributed by atoms with Crippen LogP contribution in [-0.4, -0.2) is 11.7 Å². The highest BCUT2D eigenvalue weighted by atomic mass is 15.1. The highest BCUT2D eigenvalue weighted by Gasteiger charge is 2.20. The summed E-state index contributed by atoms with van der Waals surface area (Å²) in [6.45, 7) is 0.886. The average Bonchev–Trinajstić information content (AvgIpc) is 2.82. The summed E-state index contributed by atoms with van der Waals surface area (Å²) in [5.41, 5.74) is 4.11. The van der Waals surface area contributed by atoms with Crippen LogP contribution in [0, 0.1) is 5.92 Å². The number of rotatable bonds is 2. The van der Waals surface area contributed by atoms with Gasteiger partial charge in [-0.05, 0) is 43.2 Å². The van der Waals surface area contributed by atoms with Crippen LogP contribution in [0.15, 0.2) is 30.2 Å². The molecule has 0 radical (unpaired) electrons. The minimum atomic E-state index is 0.751. The smallest absolute Gasteiger partial charge is 0.0843 e. The van der Waals surface area contributed by atoms with Crippen LogP contribution in [-0.2, 0) is 12.8 Å². The molecular weight excluding hydrogens is 198 g/mol. The second kappa shape index (κ2) is 4.16. The van der Waals surface area contributed by atoms with E-state index in [9.17, 15) is 0 Å². The second-order valence-corrected chi connectivity index (χ2v) is 4.65. The fourth-order valence-corrected chi connectivity index (χ4v) is 2.62. The van der Waals surface area contributed by atoms with Crippen molar-refractivity contribution in [3.05, 3.63) is 41.5 Å². The maximum absolute atomic E-state index is 4.49. The Hall–Kier alpha value is -1.51. The third-order valence-corrected chi connectivity index (χ3v) is 3.49. The van der Waals surface area contributed by atoms with Gasteiger partial charge in [0.05, 0.1) is 6.67 Å². The Morgan fingerprint density at radius 2 is 2.44 bits per heavy atom. The molecule has 3 heteroatoms. The summed E-state index contributed by atoms with van der Waals surface area (Å²) in [7, 11) is 0. The van der Waals surface area contributed by atoms with E-state index < -0.39 is 0 Å². The number of hydrogen-bond donors (Lipinski definition) is 2. The summed E-state index contributed by atoms with van der Waals surface area (Å²) in [6.07, 6.45) is 8.79. The van der Waals surface area contributed by atoms with Crippen LogP contribution >= 0.6 is 0 Å². The molecule has 3 nitrogen and oxygen atoms in total. The van der Waals surface area contributed by atoms with Crippen LogP contribution in [0.5, 0.6) is 0 Å². The Morgan fingerprint density at radius 3 is 3.31 bits per heavy atom. The Kier molecular flexibility index (Phi) is 2.52. The molecule has 3 rings (SSSR count). The summed E-state index contributed by atoms with van der Waals surface area (Å²) >= 11 is 0. The van der Waals surface area contributed by atoms with Gasteiger partial charge in [0.25, 0.3) is 0 Å². The molecule has 0 saturated heterocycles. The van der Waals surface area contributed by atoms with Gasteiger partial charge >= 0.3 is 0 Å². The van der Waals surface area contributed by atoms with E-state index in [1.807, 2.05) is 12.3 Å². The maximum atomic E-state index is 4.49. The third kappa shape index (κ3) is 1.90. The zero-order chi connectivity index (χ0) is 10.8. The van der Waals surface area contributed by atoms with Gasteiger partial charge in [-0.15, -0.1) is 0 Å². The van der Waals surface area contributed by atoms with Crippen LogP contribution < -0.4 is 10.6 Å². The molecule has 2 heterocycles. The van der Waals surface area contributed by atoms with Crippen molar-refractivity contribution < 1.29 is 0 Å². The van der Waals surface area contributed by atoms with Crippen molar-refractivity contribution in [1.82, 2.24) is 15.6 Å². The lowest BCUT2D eigenvalue weighted by Crippen LogP contribution is -2.20. The van der Waals surface area contributed by atoms with Gasteiger partial charge in [0.2, 0.25) is 0 Å². The highest BCUT2D eigenvalue weighted by molar-refractivity contribution is 5.23. The van der Waals surface area contributed by atoms with Gasteiger partial charge in [0.1, 0.15) is 0 Å². The second-order valence-electron chi connectivity index (χ2n) is 4.65. The Balaban J connectivity index is 1.68. The molecule has 1 atom stereocenters. The fraction of sp³-hybridized carbons (Fsp3) is 0.462. The molecule has 0 fully saturated rings. The van der Waals surface area contributed by atoms with Gasteiger partial charge in [0.15, 0.2) is 0 Å². The normalized spacial score (nSPS) is 23.0. The van der Waals surface area contributed by atoms with Crippen molar-refractivity contribution in [1.29, 1.82) is 0 Å². The molecule has 0 bridgehead atoms. The van der Waals surface area contributed by atoms with E-state index in [1.54, 1.807) is 0 Å². The molecule has 1 aromatic heterocycles. The molecule has 2 N–H and O–H groups in total. The lowest BCUT2D eigenvalue weighted by molar-refractivity contribution is 0.440. The predicted molar refractivity (Wildman–Crippen MR) is 63.6 cm³/mol. The first-order chi connectivity index (χ1) is 7.92. The summed E-state index contributed by atoms with van der Waals surface area (Å²) in [5, 5.41) is 6.55. The quantitative estimate of drug-likeness (QED) is 0.786. The number of fused-ring (bicyclic) bond motifs is 1. The first kappa shape index (κ1) is 9.70. The molecule has 1 aliphatic heterocycles. The summed E-state index contributed by atoms with van der Waals surface area (Å²) in [5.74, 6) is 0.751. The van der Waals surface area contributed by atoms with Gasteiger partial charge in [-0.3, -0.25) is 4.98 Å². The van der Waals surface area contributed by atoms with Crippen molar-refractivity contribution in [2.75, 3.05) is 6.67 Å². The van der Waals surface area contributed by atoms with Crippen molar-refractivity contribution >= 4 is 0 Å². The van der Waals surface area contributed by atoms with Gasteiger partial charge in [-0.25, -0.2) is 0 Å². The van der Waals surface area contributed by atoms with Crippen molar-refractivity contribution in [3.63, 3.8) is 0 Å². The molecule has 16 heavy (non-hydrogen) atoms. The van der Waals surface area contributed by atoms with Crippen LogP contribution in [0.2, 0.25) is 0 Å². The molecule has 0 saturated carbocycles. The number of nitrogens with zero attached hydrogens (tertiary/aromatic N) is 1. The van der Waals surface area contributed by atoms with Crippen LogP contribution in [0.1, 0.15) is 24.1 Å². The summed E-state index contributed by atoms with van der Waals surface area (Å²) in [4.78, 5) is 4.49. The van der Waals surface area contributed by atoms with E-state index in [0.29, 0.717) is 0 Å². The highest BCUT2D eigenvalue weighted by Crippen LogP contribution is 2.27. The van der Waals surface area contributed by atoms with E-state index in [1.165, 1.54) is 29.8 Å². The molecule has 2 aliphatic rings. The monoisotopic (exact) mass is 215 g/mol. The number of aryl methyl sites for hydroxylation is 1. The van der Waals surface area contributed by atoms with Gasteiger partial charge in [0, 0.05) is 23.8 Å².